The molecule has 0 aliphatic heterocycles. The van der Waals surface area contributed by atoms with Crippen LogP contribution in [0, 0.1) is 0 Å². The molecule has 15 nitrogen and oxygen atoms in total. The number of aromatic hydroxyl groups is 1. The van der Waals surface area contributed by atoms with Gasteiger partial charge in [0.15, 0.2) is 0 Å². The fraction of sp³-hybridized carbons (Fsp3) is 0.161. The molecular weight excluding hydrogens is 1240 g/mol. The maximum Gasteiger partial charge on any atom is 1.00 e. The standard InChI is InChI=1S/C19H16ClNO3.C18H14ClNO3.C10H8ClNO.C9H9BrO2.CH2O3.5CH4.2K.H/c1-23-19(22)18(14-7-3-2-4-8-14)24-17-10-9-15(20)13-16(17)21-11-5-6-12-21;19-14-8-9-16(15(12-14)20-10-4-5-11-20)23-17(18(21)22)13-6-2-1-3-7-13;11-8-3-4-10(13)9(7-8)12-5-1-2-6-12;1-12-9(11)8(10)7-5-3-2-4-6-7;2-1-4-3;;;;;;;;/h2-13,18H,1H3;1-12,17H,(H,21,22);1-7,13H;2-6,8H,1H3;1,3H;5*1H4;;;/q;;;;;;;;;;2*+1;-1/p-1. The average Bonchev–Trinajstić information content (AvgIpc) is 4.38. The van der Waals surface area contributed by atoms with E-state index in [4.69, 9.17) is 59.1 Å². The molecule has 3 atom stereocenters. The van der Waals surface area contributed by atoms with Crippen LogP contribution < -0.4 is 118 Å². The summed E-state index contributed by atoms with van der Waals surface area (Å²) in [6, 6.07) is 54.1. The summed E-state index contributed by atoms with van der Waals surface area (Å²) in [4.78, 5) is 45.7. The van der Waals surface area contributed by atoms with Crippen LogP contribution in [-0.4, -0.2) is 62.5 Å². The topological polar surface area (TPSA) is 193 Å². The van der Waals surface area contributed by atoms with Gasteiger partial charge in [0.1, 0.15) is 22.1 Å². The predicted molar refractivity (Wildman–Crippen MR) is 325 cm³/mol. The van der Waals surface area contributed by atoms with Crippen molar-refractivity contribution in [2.45, 2.75) is 54.2 Å². The molecule has 0 bridgehead atoms. The Morgan fingerprint density at radius 1 is 0.506 bits per heavy atom. The van der Waals surface area contributed by atoms with Crippen LogP contribution in [0.3, 0.4) is 0 Å². The number of rotatable bonds is 14. The Labute approximate surface area is 597 Å². The third-order valence-electron chi connectivity index (χ3n) is 10.3. The Kier molecular flexibility index (Phi) is 44.1. The number of phenolic OH excluding ortho intramolecular Hbond substituents is 1. The van der Waals surface area contributed by atoms with Crippen molar-refractivity contribution < 1.29 is 163 Å². The molecule has 0 spiro atoms. The first-order valence-electron chi connectivity index (χ1n) is 22.5. The molecule has 9 rings (SSSR count). The number of ether oxygens (including phenoxy) is 4. The minimum Gasteiger partial charge on any atom is -1.00 e. The number of hydrogen-bond acceptors (Lipinski definition) is 11. The van der Waals surface area contributed by atoms with E-state index in [-0.39, 0.29) is 164 Å². The third kappa shape index (κ3) is 26.5. The van der Waals surface area contributed by atoms with Crippen LogP contribution >= 0.6 is 50.7 Å². The van der Waals surface area contributed by atoms with Gasteiger partial charge in [-0.15, -0.1) is 0 Å². The molecule has 3 heterocycles. The molecule has 0 saturated heterocycles. The van der Waals surface area contributed by atoms with Crippen LogP contribution in [0.2, 0.25) is 15.1 Å². The van der Waals surface area contributed by atoms with Crippen molar-refractivity contribution in [1.82, 2.24) is 13.7 Å². The first-order valence-corrected chi connectivity index (χ1v) is 24.5. The van der Waals surface area contributed by atoms with Crippen LogP contribution in [0.15, 0.2) is 219 Å². The molecule has 0 aliphatic carbocycles. The van der Waals surface area contributed by atoms with Crippen molar-refractivity contribution in [3.63, 3.8) is 0 Å². The smallest absolute Gasteiger partial charge is 1.00 e. The number of carboxylic acids is 1. The normalized spacial score (nSPS) is 10.3. The molecule has 2 N–H and O–H groups in total. The number of alkyl halides is 1. The maximum atomic E-state index is 12.2. The van der Waals surface area contributed by atoms with Gasteiger partial charge in [-0.2, -0.15) is 0 Å². The second-order valence-corrected chi connectivity index (χ2v) is 17.5. The van der Waals surface area contributed by atoms with E-state index in [0.29, 0.717) is 43.5 Å². The van der Waals surface area contributed by atoms with Crippen LogP contribution in [0.1, 0.15) is 72.3 Å². The summed E-state index contributed by atoms with van der Waals surface area (Å²) in [5.41, 5.74) is 4.33. The van der Waals surface area contributed by atoms with Gasteiger partial charge in [-0.05, 0) is 96.6 Å². The number of aromatic nitrogens is 3. The third-order valence-corrected chi connectivity index (χ3v) is 11.9. The van der Waals surface area contributed by atoms with E-state index in [1.54, 1.807) is 83.4 Å². The van der Waals surface area contributed by atoms with Gasteiger partial charge in [0.2, 0.25) is 12.2 Å². The first-order chi connectivity index (χ1) is 36.8. The molecule has 0 saturated carbocycles. The van der Waals surface area contributed by atoms with Gasteiger partial charge in [0.25, 0.3) is 6.47 Å². The van der Waals surface area contributed by atoms with E-state index < -0.39 is 24.1 Å². The summed E-state index contributed by atoms with van der Waals surface area (Å²) >= 11 is 21.2. The van der Waals surface area contributed by atoms with Crippen LogP contribution in [-0.2, 0) is 33.5 Å². The molecule has 0 radical (unpaired) electrons. The van der Waals surface area contributed by atoms with E-state index in [9.17, 15) is 24.6 Å². The molecule has 0 fully saturated rings. The zero-order valence-corrected chi connectivity index (χ0v) is 52.5. The number of phenols is 1. The molecule has 83 heavy (non-hydrogen) atoms. The Balaban J connectivity index is -0.000000498. The van der Waals surface area contributed by atoms with Crippen molar-refractivity contribution >= 4 is 75.1 Å². The molecule has 3 aromatic heterocycles. The van der Waals surface area contributed by atoms with Crippen molar-refractivity contribution in [2.75, 3.05) is 14.2 Å². The van der Waals surface area contributed by atoms with E-state index in [2.05, 4.69) is 25.6 Å². The molecule has 9 aromatic rings. The maximum absolute atomic E-state index is 12.2. The Morgan fingerprint density at radius 3 is 1.17 bits per heavy atom. The summed E-state index contributed by atoms with van der Waals surface area (Å²) in [5.74, 6) is -0.585. The number of hydrogen-bond donors (Lipinski definition) is 2. The number of carboxylic acid groups (broad SMARTS) is 1. The van der Waals surface area contributed by atoms with Crippen LogP contribution in [0.25, 0.3) is 17.1 Å². The minimum absolute atomic E-state index is 0. The Morgan fingerprint density at radius 2 is 0.819 bits per heavy atom. The van der Waals surface area contributed by atoms with Crippen molar-refractivity contribution in [1.29, 1.82) is 0 Å². The first kappa shape index (κ1) is 82.2. The number of nitrogens with zero attached hydrogens (tertiary/aromatic N) is 3. The monoisotopic (exact) mass is 1310 g/mol. The van der Waals surface area contributed by atoms with Gasteiger partial charge in [0.05, 0.1) is 31.3 Å². The second kappa shape index (κ2) is 44.5. The van der Waals surface area contributed by atoms with Crippen molar-refractivity contribution in [2.24, 2.45) is 0 Å². The fourth-order valence-electron chi connectivity index (χ4n) is 6.76. The summed E-state index contributed by atoms with van der Waals surface area (Å²) in [6.45, 7) is -0.181. The number of carbonyl (C=O) groups excluding carboxylic acids is 3. The molecular formula is C62H69BrCl3K2N3O12. The van der Waals surface area contributed by atoms with Crippen LogP contribution in [0.4, 0.5) is 0 Å². The second-order valence-electron chi connectivity index (χ2n) is 15.3. The predicted octanol–water partition coefficient (Wildman–Crippen LogP) is 9.63. The summed E-state index contributed by atoms with van der Waals surface area (Å²) < 4.78 is 26.8. The number of esters is 2. The quantitative estimate of drug-likeness (QED) is 0.0262. The van der Waals surface area contributed by atoms with Gasteiger partial charge in [-0.25, -0.2) is 9.59 Å². The van der Waals surface area contributed by atoms with Crippen LogP contribution in [0.5, 0.6) is 17.2 Å². The number of methoxy groups -OCH3 is 2. The van der Waals surface area contributed by atoms with Gasteiger partial charge in [0, 0.05) is 63.4 Å². The summed E-state index contributed by atoms with van der Waals surface area (Å²) in [6.07, 6.45) is 9.21. The SMILES string of the molecule is C.C.C.C.C.COC(=O)C(Br)c1ccccc1.COC(=O)C(Oc1ccc(Cl)cc1-n1cccc1)c1ccccc1.O=C(O)C(Oc1ccc(Cl)cc1-n1cccc1)c1ccccc1.O=CO[O-].Oc1ccc(Cl)cc1-n1cccc1.[H-].[K+].[K+]. The van der Waals surface area contributed by atoms with Gasteiger partial charge in [-0.3, -0.25) is 9.59 Å². The van der Waals surface area contributed by atoms with E-state index >= 15 is 0 Å². The molecule has 6 aromatic carbocycles. The van der Waals surface area contributed by atoms with Crippen molar-refractivity contribution in [3.05, 3.63) is 251 Å². The van der Waals surface area contributed by atoms with Gasteiger partial charge < -0.3 is 54.4 Å². The molecule has 3 unspecified atom stereocenters. The van der Waals surface area contributed by atoms with Gasteiger partial charge in [-0.1, -0.05) is 179 Å². The van der Waals surface area contributed by atoms with Gasteiger partial charge >= 0.3 is 121 Å². The Bertz CT molecular complexity index is 3190. The number of aliphatic carboxylic acids is 1. The van der Waals surface area contributed by atoms with Crippen molar-refractivity contribution in [3.8, 4) is 34.3 Å². The van der Waals surface area contributed by atoms with E-state index in [1.807, 2.05) is 149 Å². The average molecular weight is 1310 g/mol. The zero-order valence-electron chi connectivity index (χ0n) is 43.4. The Hall–Kier alpha value is -4.98. The zero-order chi connectivity index (χ0) is 54.8. The number of halogens is 4. The fourth-order valence-corrected chi connectivity index (χ4v) is 7.76. The molecule has 434 valence electrons. The van der Waals surface area contributed by atoms with E-state index in [0.717, 1.165) is 16.8 Å². The minimum atomic E-state index is -1.09. The number of carbonyl (C=O) groups is 4. The summed E-state index contributed by atoms with van der Waals surface area (Å²) in [7, 11) is 2.72. The molecule has 0 amide bonds. The largest absolute Gasteiger partial charge is 1.00 e. The van der Waals surface area contributed by atoms with E-state index in [1.165, 1.54) is 14.2 Å². The number of benzene rings is 6. The summed E-state index contributed by atoms with van der Waals surface area (Å²) in [5, 5.41) is 29.2. The molecule has 21 heteroatoms. The molecule has 0 aliphatic rings.